The first kappa shape index (κ1) is 41.1. The summed E-state index contributed by atoms with van der Waals surface area (Å²) in [5.41, 5.74) is 13.6. The molecule has 2 heterocycles. The molecule has 0 aliphatic heterocycles. The van der Waals surface area contributed by atoms with Crippen LogP contribution in [-0.2, 0) is 13.1 Å². The maximum absolute atomic E-state index is 5.22. The molecule has 8 heteroatoms. The summed E-state index contributed by atoms with van der Waals surface area (Å²) in [5, 5.41) is 20.9. The van der Waals surface area contributed by atoms with E-state index in [9.17, 15) is 0 Å². The van der Waals surface area contributed by atoms with Crippen LogP contribution in [-0.4, -0.2) is 20.1 Å². The normalized spacial score (nSPS) is 11.2. The molecule has 0 saturated heterocycles. The minimum Gasteiger partial charge on any atom is -0.311 e. The Labute approximate surface area is 354 Å². The molecule has 8 nitrogen and oxygen atoms in total. The van der Waals surface area contributed by atoms with Crippen molar-refractivity contribution >= 4 is 56.2 Å². The van der Waals surface area contributed by atoms with Crippen molar-refractivity contribution < 1.29 is 4.80 Å². The topological polar surface area (TPSA) is 68.1 Å². The van der Waals surface area contributed by atoms with Gasteiger partial charge in [-0.1, -0.05) is 140 Å². The van der Waals surface area contributed by atoms with E-state index in [1.54, 1.807) is 0 Å². The van der Waals surface area contributed by atoms with Crippen LogP contribution in [0.5, 0.6) is 0 Å². The lowest BCUT2D eigenvalue weighted by molar-refractivity contribution is -0.808. The Balaban J connectivity index is 0.00000272. The highest BCUT2D eigenvalue weighted by Gasteiger charge is 2.24. The van der Waals surface area contributed by atoms with Gasteiger partial charge in [-0.2, -0.15) is 30.0 Å². The van der Waals surface area contributed by atoms with Gasteiger partial charge in [-0.3, -0.25) is 0 Å². The van der Waals surface area contributed by atoms with Crippen molar-refractivity contribution in [1.82, 2.24) is 25.2 Å². The summed E-state index contributed by atoms with van der Waals surface area (Å²) in [7, 11) is 0. The van der Waals surface area contributed by atoms with Crippen LogP contribution in [0.25, 0.3) is 44.3 Å². The third kappa shape index (κ3) is 8.14. The summed E-state index contributed by atoms with van der Waals surface area (Å²) < 4.78 is 0. The zero-order valence-electron chi connectivity index (χ0n) is 33.3. The zero-order valence-corrected chi connectivity index (χ0v) is 33.3. The Morgan fingerprint density at radius 3 is 1.22 bits per heavy atom. The summed E-state index contributed by atoms with van der Waals surface area (Å²) in [6, 6.07) is 59.4. The predicted molar refractivity (Wildman–Crippen MR) is 250 cm³/mol. The van der Waals surface area contributed by atoms with Crippen LogP contribution >= 0.6 is 0 Å². The van der Waals surface area contributed by atoms with Gasteiger partial charge in [0.05, 0.1) is 6.54 Å². The van der Waals surface area contributed by atoms with Gasteiger partial charge in [0.1, 0.15) is 11.0 Å². The van der Waals surface area contributed by atoms with Gasteiger partial charge < -0.3 is 9.80 Å². The molecule has 9 aromatic rings. The fraction of sp³-hybridized carbons (Fsp3) is 0.192. The van der Waals surface area contributed by atoms with E-state index in [4.69, 9.17) is 20.4 Å². The molecule has 0 saturated carbocycles. The van der Waals surface area contributed by atoms with Gasteiger partial charge >= 0.3 is 0 Å². The predicted octanol–water partition coefficient (Wildman–Crippen LogP) is 13.1. The fourth-order valence-electron chi connectivity index (χ4n) is 7.71. The number of hydrogen-bond acceptors (Lipinski definition) is 5. The molecule has 0 atom stereocenters. The molecule has 2 aromatic heterocycles. The molecule has 0 fully saturated rings. The molecular weight excluding hydrogens is 737 g/mol. The third-order valence-corrected chi connectivity index (χ3v) is 10.2. The molecule has 302 valence electrons. The van der Waals surface area contributed by atoms with Gasteiger partial charge in [-0.05, 0) is 89.8 Å². The number of fused-ring (bicyclic) bond motifs is 2. The molecule has 0 amide bonds. The zero-order chi connectivity index (χ0) is 39.6. The number of anilines is 6. The van der Waals surface area contributed by atoms with E-state index in [0.29, 0.717) is 24.9 Å². The number of para-hydroxylation sites is 4. The van der Waals surface area contributed by atoms with E-state index < -0.39 is 0 Å². The van der Waals surface area contributed by atoms with Crippen molar-refractivity contribution in [2.75, 3.05) is 9.80 Å². The average Bonchev–Trinajstić information content (AvgIpc) is 3.85. The van der Waals surface area contributed by atoms with Crippen LogP contribution in [0.4, 0.5) is 34.1 Å². The Morgan fingerprint density at radius 2 is 0.833 bits per heavy atom. The fourth-order valence-corrected chi connectivity index (χ4v) is 7.71. The van der Waals surface area contributed by atoms with Gasteiger partial charge in [-0.15, -0.1) is 0 Å². The van der Waals surface area contributed by atoms with Crippen molar-refractivity contribution in [3.8, 4) is 22.3 Å². The first-order chi connectivity index (χ1) is 28.4. The molecule has 0 N–H and O–H groups in total. The van der Waals surface area contributed by atoms with Crippen LogP contribution < -0.4 is 19.7 Å². The van der Waals surface area contributed by atoms with E-state index in [1.807, 2.05) is 33.9 Å². The monoisotopic (exact) mass is 790 g/mol. The van der Waals surface area contributed by atoms with Gasteiger partial charge in [-0.25, -0.2) is 0 Å². The molecule has 0 aliphatic rings. The number of benzene rings is 7. The Morgan fingerprint density at radius 1 is 0.467 bits per heavy atom. The molecule has 7 aromatic carbocycles. The minimum absolute atomic E-state index is 0. The van der Waals surface area contributed by atoms with Crippen molar-refractivity contribution in [3.05, 3.63) is 170 Å². The maximum Gasteiger partial charge on any atom is 0.165 e. The summed E-state index contributed by atoms with van der Waals surface area (Å²) in [6.45, 7) is 10.2. The third-order valence-electron chi connectivity index (χ3n) is 10.2. The first-order valence-corrected chi connectivity index (χ1v) is 20.1. The van der Waals surface area contributed by atoms with Gasteiger partial charge in [0.25, 0.3) is 0 Å². The van der Waals surface area contributed by atoms with E-state index in [-0.39, 0.29) is 14.9 Å². The average molecular weight is 791 g/mol. The molecule has 60 heavy (non-hydrogen) atoms. The molecule has 0 unspecified atom stereocenters. The van der Waals surface area contributed by atoms with E-state index in [1.165, 1.54) is 0 Å². The molecule has 0 bridgehead atoms. The lowest BCUT2D eigenvalue weighted by atomic mass is 9.95. The van der Waals surface area contributed by atoms with Crippen molar-refractivity contribution in [2.45, 2.75) is 55.6 Å². The largest absolute Gasteiger partial charge is 0.311 e. The smallest absolute Gasteiger partial charge is 0.165 e. The van der Waals surface area contributed by atoms with Crippen molar-refractivity contribution in [2.24, 2.45) is 11.8 Å². The lowest BCUT2D eigenvalue weighted by Gasteiger charge is -2.25. The summed E-state index contributed by atoms with van der Waals surface area (Å²) in [4.78, 5) is 8.25. The summed E-state index contributed by atoms with van der Waals surface area (Å²) in [5.74, 6) is 0.720. The number of aromatic nitrogens is 6. The van der Waals surface area contributed by atoms with Crippen LogP contribution in [0.3, 0.4) is 0 Å². The first-order valence-electron chi connectivity index (χ1n) is 20.1. The highest BCUT2D eigenvalue weighted by molar-refractivity contribution is 6.16. The second kappa shape index (κ2) is 17.8. The van der Waals surface area contributed by atoms with Gasteiger partial charge in [0.2, 0.25) is 0 Å². The molecule has 0 aliphatic carbocycles. The van der Waals surface area contributed by atoms with E-state index in [0.717, 1.165) is 78.4 Å². The molecular formula is C52H54N8. The van der Waals surface area contributed by atoms with Crippen LogP contribution in [0, 0.1) is 11.8 Å². The molecule has 0 radical (unpaired) electrons. The highest BCUT2D eigenvalue weighted by Crippen LogP contribution is 2.43. The number of rotatable bonds is 12. The second-order valence-corrected chi connectivity index (χ2v) is 15.5. The number of hydrogen-bond donors (Lipinski definition) is 0. The minimum atomic E-state index is 0. The van der Waals surface area contributed by atoms with E-state index >= 15 is 0 Å². The summed E-state index contributed by atoms with van der Waals surface area (Å²) >= 11 is 0. The van der Waals surface area contributed by atoms with Crippen LogP contribution in [0.1, 0.15) is 42.5 Å². The maximum atomic E-state index is 5.22. The summed E-state index contributed by atoms with van der Waals surface area (Å²) in [6.07, 6.45) is 0. The Hall–Kier alpha value is -7.06. The second-order valence-electron chi connectivity index (χ2n) is 15.5. The molecule has 9 rings (SSSR count). The SMILES string of the molecule is C.C.CC(C)Cn1nc2c(-c3ccc(N(c4ccccc4)c4ccccc4)cc3)c3n[n+](CC(C)C)[n-]c3c(-c3ccc(N(c4ccccc4)c4ccccc4)cc3)c2n1. The standard InChI is InChI=1S/C50H46N8.2CH4/c1-35(2)33-55-51-47-45(37-25-29-43(30-26-37)57(39-17-9-5-10-18-39)40-19-11-6-12-20-40)49-50(54-56(53-49)34-36(3)4)46(48(47)52-55)38-27-31-44(32-28-38)58(41-21-13-7-14-22-41)42-23-15-8-16-24-42;;/h5-32,35-36H,33-34H2,1-4H3;2*1H4. The van der Waals surface area contributed by atoms with Gasteiger partial charge in [0.15, 0.2) is 6.54 Å². The quantitative estimate of drug-likeness (QED) is 0.115. The number of nitrogens with zero attached hydrogens (tertiary/aromatic N) is 8. The molecule has 0 spiro atoms. The van der Waals surface area contributed by atoms with Crippen LogP contribution in [0.2, 0.25) is 0 Å². The van der Waals surface area contributed by atoms with Crippen molar-refractivity contribution in [3.63, 3.8) is 0 Å². The van der Waals surface area contributed by atoms with E-state index in [2.05, 4.69) is 183 Å². The van der Waals surface area contributed by atoms with Crippen LogP contribution in [0.15, 0.2) is 170 Å². The lowest BCUT2D eigenvalue weighted by Crippen LogP contribution is -2.42. The Kier molecular flexibility index (Phi) is 12.2. The Bertz CT molecular complexity index is 2430. The van der Waals surface area contributed by atoms with Crippen molar-refractivity contribution in [1.29, 1.82) is 0 Å². The highest BCUT2D eigenvalue weighted by atomic mass is 15.5. The van der Waals surface area contributed by atoms with Gasteiger partial charge in [0, 0.05) is 62.2 Å².